The number of anilines is 2. The number of nitrogens with two attached hydrogens (primary N) is 1. The van der Waals surface area contributed by atoms with Crippen molar-refractivity contribution < 1.29 is 9.47 Å². The van der Waals surface area contributed by atoms with Crippen LogP contribution in [0.2, 0.25) is 0 Å². The summed E-state index contributed by atoms with van der Waals surface area (Å²) >= 11 is 0. The van der Waals surface area contributed by atoms with Gasteiger partial charge in [-0.15, -0.1) is 0 Å². The second kappa shape index (κ2) is 7.91. The molecule has 6 heteroatoms. The highest BCUT2D eigenvalue weighted by Crippen LogP contribution is 2.17. The average molecular weight is 268 g/mol. The molecule has 0 bridgehead atoms. The Morgan fingerprint density at radius 2 is 2.11 bits per heavy atom. The van der Waals surface area contributed by atoms with Crippen molar-refractivity contribution in [3.63, 3.8) is 0 Å². The van der Waals surface area contributed by atoms with Crippen LogP contribution in [0.15, 0.2) is 6.07 Å². The third kappa shape index (κ3) is 5.00. The van der Waals surface area contributed by atoms with Crippen LogP contribution in [0.4, 0.5) is 11.6 Å². The van der Waals surface area contributed by atoms with Gasteiger partial charge in [0.1, 0.15) is 18.2 Å². The number of methoxy groups -OCH3 is 1. The summed E-state index contributed by atoms with van der Waals surface area (Å²) in [6.07, 6.45) is 0. The number of nitrogen functional groups attached to an aromatic ring is 1. The molecule has 0 radical (unpaired) electrons. The summed E-state index contributed by atoms with van der Waals surface area (Å²) in [5, 5.41) is 0. The first-order chi connectivity index (χ1) is 9.08. The molecule has 1 heterocycles. The molecule has 0 aromatic carbocycles. The first-order valence-corrected chi connectivity index (χ1v) is 6.55. The number of hydrogen-bond acceptors (Lipinski definition) is 6. The fraction of sp³-hybridized carbons (Fsp3) is 0.692. The Kier molecular flexibility index (Phi) is 6.52. The van der Waals surface area contributed by atoms with Crippen LogP contribution in [-0.4, -0.2) is 42.9 Å². The number of ether oxygens (including phenoxy) is 2. The maximum atomic E-state index is 5.83. The summed E-state index contributed by atoms with van der Waals surface area (Å²) in [7, 11) is 1.69. The Morgan fingerprint density at radius 1 is 1.37 bits per heavy atom. The smallest absolute Gasteiger partial charge is 0.158 e. The van der Waals surface area contributed by atoms with E-state index < -0.39 is 0 Å². The maximum absolute atomic E-state index is 5.83. The minimum Gasteiger partial charge on any atom is -0.384 e. The van der Waals surface area contributed by atoms with Gasteiger partial charge in [0.25, 0.3) is 0 Å². The van der Waals surface area contributed by atoms with Gasteiger partial charge in [0.2, 0.25) is 0 Å². The Bertz CT molecular complexity index is 385. The van der Waals surface area contributed by atoms with E-state index in [1.807, 2.05) is 6.92 Å². The van der Waals surface area contributed by atoms with Crippen molar-refractivity contribution in [2.24, 2.45) is 0 Å². The van der Waals surface area contributed by atoms with Crippen molar-refractivity contribution in [3.05, 3.63) is 11.9 Å². The van der Waals surface area contributed by atoms with E-state index in [9.17, 15) is 0 Å². The Morgan fingerprint density at radius 3 is 2.68 bits per heavy atom. The van der Waals surface area contributed by atoms with Gasteiger partial charge >= 0.3 is 0 Å². The molecule has 0 aliphatic heterocycles. The fourth-order valence-electron chi connectivity index (χ4n) is 1.74. The number of nitrogens with zero attached hydrogens (tertiary/aromatic N) is 3. The van der Waals surface area contributed by atoms with Crippen LogP contribution in [-0.2, 0) is 16.1 Å². The van der Waals surface area contributed by atoms with E-state index in [1.54, 1.807) is 13.2 Å². The molecule has 0 unspecified atom stereocenters. The van der Waals surface area contributed by atoms with Gasteiger partial charge in [0.05, 0.1) is 6.61 Å². The molecule has 0 spiro atoms. The second-order valence-corrected chi connectivity index (χ2v) is 4.48. The maximum Gasteiger partial charge on any atom is 0.158 e. The molecule has 0 atom stereocenters. The SMILES string of the molecule is CCOCc1nc(N)cc(N(CCOC)C(C)C)n1. The van der Waals surface area contributed by atoms with E-state index in [4.69, 9.17) is 15.2 Å². The predicted molar refractivity (Wildman–Crippen MR) is 76.1 cm³/mol. The second-order valence-electron chi connectivity index (χ2n) is 4.48. The Labute approximate surface area is 114 Å². The number of aromatic nitrogens is 2. The molecule has 0 aliphatic carbocycles. The van der Waals surface area contributed by atoms with Gasteiger partial charge in [-0.25, -0.2) is 9.97 Å². The summed E-state index contributed by atoms with van der Waals surface area (Å²) in [5.41, 5.74) is 5.83. The normalized spacial score (nSPS) is 11.0. The predicted octanol–water partition coefficient (Wildman–Crippen LogP) is 1.46. The molecule has 0 saturated heterocycles. The molecule has 0 saturated carbocycles. The van der Waals surface area contributed by atoms with Crippen LogP contribution < -0.4 is 10.6 Å². The highest BCUT2D eigenvalue weighted by molar-refractivity contribution is 5.47. The lowest BCUT2D eigenvalue weighted by Crippen LogP contribution is -2.34. The van der Waals surface area contributed by atoms with Crippen LogP contribution in [0, 0.1) is 0 Å². The first kappa shape index (κ1) is 15.7. The third-order valence-corrected chi connectivity index (χ3v) is 2.67. The van der Waals surface area contributed by atoms with E-state index in [0.717, 1.165) is 12.4 Å². The van der Waals surface area contributed by atoms with Crippen molar-refractivity contribution in [1.82, 2.24) is 9.97 Å². The van der Waals surface area contributed by atoms with Crippen molar-refractivity contribution in [2.45, 2.75) is 33.4 Å². The van der Waals surface area contributed by atoms with Gasteiger partial charge in [0.15, 0.2) is 5.82 Å². The lowest BCUT2D eigenvalue weighted by atomic mass is 10.3. The van der Waals surface area contributed by atoms with Crippen LogP contribution >= 0.6 is 0 Å². The molecule has 2 N–H and O–H groups in total. The first-order valence-electron chi connectivity index (χ1n) is 6.55. The van der Waals surface area contributed by atoms with Gasteiger partial charge in [-0.2, -0.15) is 0 Å². The molecular weight excluding hydrogens is 244 g/mol. The summed E-state index contributed by atoms with van der Waals surface area (Å²) < 4.78 is 10.5. The Hall–Kier alpha value is -1.40. The van der Waals surface area contributed by atoms with E-state index in [1.165, 1.54) is 0 Å². The minimum absolute atomic E-state index is 0.310. The van der Waals surface area contributed by atoms with Crippen molar-refractivity contribution in [3.8, 4) is 0 Å². The van der Waals surface area contributed by atoms with Gasteiger partial charge in [-0.3, -0.25) is 0 Å². The highest BCUT2D eigenvalue weighted by atomic mass is 16.5. The summed E-state index contributed by atoms with van der Waals surface area (Å²) in [4.78, 5) is 10.8. The van der Waals surface area contributed by atoms with E-state index in [0.29, 0.717) is 37.5 Å². The van der Waals surface area contributed by atoms with Gasteiger partial charge in [0, 0.05) is 32.4 Å². The number of hydrogen-bond donors (Lipinski definition) is 1. The monoisotopic (exact) mass is 268 g/mol. The van der Waals surface area contributed by atoms with E-state index in [-0.39, 0.29) is 0 Å². The summed E-state index contributed by atoms with van der Waals surface area (Å²) in [6, 6.07) is 2.09. The summed E-state index contributed by atoms with van der Waals surface area (Å²) in [6.45, 7) is 8.57. The standard InChI is InChI=1S/C13H24N4O2/c1-5-19-9-12-15-11(14)8-13(16-12)17(10(2)3)6-7-18-4/h8,10H,5-7,9H2,1-4H3,(H2,14,15,16). The van der Waals surface area contributed by atoms with E-state index in [2.05, 4.69) is 28.7 Å². The quantitative estimate of drug-likeness (QED) is 0.769. The lowest BCUT2D eigenvalue weighted by molar-refractivity contribution is 0.128. The molecule has 108 valence electrons. The zero-order valence-electron chi connectivity index (χ0n) is 12.2. The van der Waals surface area contributed by atoms with Gasteiger partial charge in [-0.05, 0) is 20.8 Å². The van der Waals surface area contributed by atoms with Crippen LogP contribution in [0.3, 0.4) is 0 Å². The van der Waals surface area contributed by atoms with Gasteiger partial charge in [-0.1, -0.05) is 0 Å². The van der Waals surface area contributed by atoms with Crippen LogP contribution in [0.5, 0.6) is 0 Å². The summed E-state index contributed by atoms with van der Waals surface area (Å²) in [5.74, 6) is 1.89. The molecular formula is C13H24N4O2. The van der Waals surface area contributed by atoms with Crippen LogP contribution in [0.25, 0.3) is 0 Å². The molecule has 0 amide bonds. The molecule has 1 aromatic rings. The topological polar surface area (TPSA) is 73.5 Å². The zero-order chi connectivity index (χ0) is 14.3. The van der Waals surface area contributed by atoms with E-state index >= 15 is 0 Å². The highest BCUT2D eigenvalue weighted by Gasteiger charge is 2.14. The molecule has 1 rings (SSSR count). The van der Waals surface area contributed by atoms with Crippen molar-refractivity contribution in [2.75, 3.05) is 37.5 Å². The zero-order valence-corrected chi connectivity index (χ0v) is 12.2. The molecule has 19 heavy (non-hydrogen) atoms. The molecule has 0 aliphatic rings. The average Bonchev–Trinajstić information content (AvgIpc) is 2.36. The third-order valence-electron chi connectivity index (χ3n) is 2.67. The van der Waals surface area contributed by atoms with Crippen LogP contribution in [0.1, 0.15) is 26.6 Å². The lowest BCUT2D eigenvalue weighted by Gasteiger charge is -2.28. The molecule has 0 fully saturated rings. The fourth-order valence-corrected chi connectivity index (χ4v) is 1.74. The number of rotatable bonds is 8. The molecule has 6 nitrogen and oxygen atoms in total. The minimum atomic E-state index is 0.310. The van der Waals surface area contributed by atoms with Crippen molar-refractivity contribution >= 4 is 11.6 Å². The van der Waals surface area contributed by atoms with Gasteiger partial charge < -0.3 is 20.1 Å². The largest absolute Gasteiger partial charge is 0.384 e. The Balaban J connectivity index is 2.91. The molecule has 1 aromatic heterocycles. The van der Waals surface area contributed by atoms with Crippen molar-refractivity contribution in [1.29, 1.82) is 0 Å².